The number of carbonyl (C=O) groups is 1. The Morgan fingerprint density at radius 2 is 2.30 bits per heavy atom. The van der Waals surface area contributed by atoms with Gasteiger partial charge in [-0.2, -0.15) is 0 Å². The van der Waals surface area contributed by atoms with Crippen molar-refractivity contribution in [3.63, 3.8) is 0 Å². The minimum absolute atomic E-state index is 0.196. The number of methoxy groups -OCH3 is 1. The Kier molecular flexibility index (Phi) is 5.15. The molecular formula is C13H11ClFNO2S2. The smallest absolute Gasteiger partial charge is 0.266 e. The van der Waals surface area contributed by atoms with Crippen molar-refractivity contribution < 1.29 is 13.9 Å². The maximum Gasteiger partial charge on any atom is 0.266 e. The lowest BCUT2D eigenvalue weighted by atomic mass is 10.2. The zero-order valence-electron chi connectivity index (χ0n) is 10.6. The van der Waals surface area contributed by atoms with E-state index in [2.05, 4.69) is 0 Å². The van der Waals surface area contributed by atoms with Crippen LogP contribution in [-0.4, -0.2) is 35.4 Å². The highest BCUT2D eigenvalue weighted by molar-refractivity contribution is 8.26. The third kappa shape index (κ3) is 3.20. The van der Waals surface area contributed by atoms with Crippen LogP contribution in [0.4, 0.5) is 4.39 Å². The Morgan fingerprint density at radius 3 is 2.95 bits per heavy atom. The van der Waals surface area contributed by atoms with Crippen molar-refractivity contribution in [2.24, 2.45) is 0 Å². The SMILES string of the molecule is COCCN1C(=O)/C(=C/c2c(F)cccc2Cl)SC1=S. The van der Waals surface area contributed by atoms with Crippen LogP contribution >= 0.6 is 35.6 Å². The van der Waals surface area contributed by atoms with Crippen LogP contribution in [0.5, 0.6) is 0 Å². The summed E-state index contributed by atoms with van der Waals surface area (Å²) in [6.45, 7) is 0.768. The molecule has 20 heavy (non-hydrogen) atoms. The second-order valence-corrected chi connectivity index (χ2v) is 6.04. The van der Waals surface area contributed by atoms with Crippen molar-refractivity contribution in [1.82, 2.24) is 4.90 Å². The lowest BCUT2D eigenvalue weighted by molar-refractivity contribution is -0.122. The number of hydrogen-bond donors (Lipinski definition) is 0. The Labute approximate surface area is 130 Å². The van der Waals surface area contributed by atoms with Crippen LogP contribution < -0.4 is 0 Å². The van der Waals surface area contributed by atoms with Crippen LogP contribution in [0.2, 0.25) is 5.02 Å². The first-order chi connectivity index (χ1) is 9.54. The van der Waals surface area contributed by atoms with Gasteiger partial charge in [0, 0.05) is 12.7 Å². The van der Waals surface area contributed by atoms with E-state index in [1.165, 1.54) is 23.1 Å². The lowest BCUT2D eigenvalue weighted by Crippen LogP contribution is -2.31. The fourth-order valence-electron chi connectivity index (χ4n) is 1.66. The molecule has 0 aliphatic carbocycles. The van der Waals surface area contributed by atoms with Gasteiger partial charge in [-0.1, -0.05) is 41.6 Å². The maximum atomic E-state index is 13.7. The fraction of sp³-hybridized carbons (Fsp3) is 0.231. The molecule has 0 unspecified atom stereocenters. The first kappa shape index (κ1) is 15.4. The molecule has 0 radical (unpaired) electrons. The van der Waals surface area contributed by atoms with E-state index in [-0.39, 0.29) is 16.5 Å². The molecule has 3 nitrogen and oxygen atoms in total. The van der Waals surface area contributed by atoms with Gasteiger partial charge in [0.15, 0.2) is 0 Å². The number of rotatable bonds is 4. The van der Waals surface area contributed by atoms with Gasteiger partial charge in [0.25, 0.3) is 5.91 Å². The maximum absolute atomic E-state index is 13.7. The molecule has 1 fully saturated rings. The number of carbonyl (C=O) groups excluding carboxylic acids is 1. The van der Waals surface area contributed by atoms with Crippen molar-refractivity contribution in [2.45, 2.75) is 0 Å². The minimum atomic E-state index is -0.473. The quantitative estimate of drug-likeness (QED) is 0.625. The Balaban J connectivity index is 2.28. The lowest BCUT2D eigenvalue weighted by Gasteiger charge is -2.12. The van der Waals surface area contributed by atoms with E-state index in [1.54, 1.807) is 13.2 Å². The standard InChI is InChI=1S/C13H11ClFNO2S2/c1-18-6-5-16-12(17)11(20-13(16)19)7-8-9(14)3-2-4-10(8)15/h2-4,7H,5-6H2,1H3/b11-7-. The van der Waals surface area contributed by atoms with E-state index < -0.39 is 5.82 Å². The summed E-state index contributed by atoms with van der Waals surface area (Å²) < 4.78 is 19.1. The highest BCUT2D eigenvalue weighted by Gasteiger charge is 2.31. The predicted molar refractivity (Wildman–Crippen MR) is 83.2 cm³/mol. The summed E-state index contributed by atoms with van der Waals surface area (Å²) >= 11 is 12.2. The van der Waals surface area contributed by atoms with E-state index in [0.717, 1.165) is 11.8 Å². The first-order valence-corrected chi connectivity index (χ1v) is 7.33. The molecule has 1 aromatic rings. The molecule has 0 saturated carbocycles. The van der Waals surface area contributed by atoms with Crippen molar-refractivity contribution in [2.75, 3.05) is 20.3 Å². The van der Waals surface area contributed by atoms with Crippen LogP contribution in [0.3, 0.4) is 0 Å². The molecule has 7 heteroatoms. The molecule has 1 aliphatic rings. The number of thiocarbonyl (C=S) groups is 1. The van der Waals surface area contributed by atoms with E-state index in [9.17, 15) is 9.18 Å². The van der Waals surface area contributed by atoms with Crippen LogP contribution in [0, 0.1) is 5.82 Å². The van der Waals surface area contributed by atoms with E-state index in [0.29, 0.717) is 22.4 Å². The number of nitrogens with zero attached hydrogens (tertiary/aromatic N) is 1. The van der Waals surface area contributed by atoms with Crippen LogP contribution in [0.15, 0.2) is 23.1 Å². The second kappa shape index (κ2) is 6.67. The average molecular weight is 332 g/mol. The second-order valence-electron chi connectivity index (χ2n) is 3.96. The number of ether oxygens (including phenoxy) is 1. The number of hydrogen-bond acceptors (Lipinski definition) is 4. The third-order valence-electron chi connectivity index (χ3n) is 2.67. The molecule has 1 heterocycles. The third-order valence-corrected chi connectivity index (χ3v) is 4.38. The van der Waals surface area contributed by atoms with Crippen LogP contribution in [-0.2, 0) is 9.53 Å². The minimum Gasteiger partial charge on any atom is -0.383 e. The summed E-state index contributed by atoms with van der Waals surface area (Å²) in [7, 11) is 1.55. The Morgan fingerprint density at radius 1 is 1.55 bits per heavy atom. The highest BCUT2D eigenvalue weighted by atomic mass is 35.5. The molecule has 106 valence electrons. The molecule has 2 rings (SSSR count). The summed E-state index contributed by atoms with van der Waals surface area (Å²) in [5.74, 6) is -0.726. The number of halogens is 2. The summed E-state index contributed by atoms with van der Waals surface area (Å²) in [5.41, 5.74) is 0.196. The molecule has 0 atom stereocenters. The zero-order chi connectivity index (χ0) is 14.7. The average Bonchev–Trinajstić information content (AvgIpc) is 2.67. The Hall–Kier alpha value is -0.950. The van der Waals surface area contributed by atoms with Gasteiger partial charge in [0.1, 0.15) is 10.1 Å². The topological polar surface area (TPSA) is 29.5 Å². The molecule has 1 aromatic carbocycles. The molecule has 1 aliphatic heterocycles. The molecule has 0 aromatic heterocycles. The van der Waals surface area contributed by atoms with Gasteiger partial charge in [0.2, 0.25) is 0 Å². The van der Waals surface area contributed by atoms with Crippen molar-refractivity contribution in [3.8, 4) is 0 Å². The van der Waals surface area contributed by atoms with E-state index >= 15 is 0 Å². The highest BCUT2D eigenvalue weighted by Crippen LogP contribution is 2.34. The van der Waals surface area contributed by atoms with Gasteiger partial charge in [-0.15, -0.1) is 0 Å². The van der Waals surface area contributed by atoms with Gasteiger partial charge in [0.05, 0.1) is 23.1 Å². The van der Waals surface area contributed by atoms with Gasteiger partial charge < -0.3 is 4.74 Å². The van der Waals surface area contributed by atoms with Gasteiger partial charge in [-0.05, 0) is 18.2 Å². The summed E-state index contributed by atoms with van der Waals surface area (Å²) in [6.07, 6.45) is 1.43. The van der Waals surface area contributed by atoms with Crippen molar-refractivity contribution >= 4 is 51.9 Å². The molecule has 1 amide bonds. The molecule has 0 spiro atoms. The number of benzene rings is 1. The summed E-state index contributed by atoms with van der Waals surface area (Å²) in [6, 6.07) is 4.38. The van der Waals surface area contributed by atoms with Crippen LogP contribution in [0.25, 0.3) is 6.08 Å². The number of amides is 1. The van der Waals surface area contributed by atoms with E-state index in [1.807, 2.05) is 0 Å². The fourth-order valence-corrected chi connectivity index (χ4v) is 3.16. The van der Waals surface area contributed by atoms with Crippen molar-refractivity contribution in [1.29, 1.82) is 0 Å². The Bertz CT molecular complexity index is 571. The van der Waals surface area contributed by atoms with E-state index in [4.69, 9.17) is 28.6 Å². The first-order valence-electron chi connectivity index (χ1n) is 5.73. The normalized spacial score (nSPS) is 17.4. The zero-order valence-corrected chi connectivity index (χ0v) is 12.9. The number of thioether (sulfide) groups is 1. The van der Waals surface area contributed by atoms with Crippen molar-refractivity contribution in [3.05, 3.63) is 39.5 Å². The predicted octanol–water partition coefficient (Wildman–Crippen LogP) is 3.33. The largest absolute Gasteiger partial charge is 0.383 e. The molecule has 0 N–H and O–H groups in total. The van der Waals surface area contributed by atoms with Crippen LogP contribution in [0.1, 0.15) is 5.56 Å². The van der Waals surface area contributed by atoms with Gasteiger partial charge >= 0.3 is 0 Å². The summed E-state index contributed by atoms with van der Waals surface area (Å²) in [5, 5.41) is 0.257. The van der Waals surface area contributed by atoms with Gasteiger partial charge in [-0.3, -0.25) is 9.69 Å². The summed E-state index contributed by atoms with van der Waals surface area (Å²) in [4.78, 5) is 14.0. The van der Waals surface area contributed by atoms with Gasteiger partial charge in [-0.25, -0.2) is 4.39 Å². The molecule has 1 saturated heterocycles. The molecular weight excluding hydrogens is 321 g/mol. The monoisotopic (exact) mass is 331 g/mol. The molecule has 0 bridgehead atoms.